The highest BCUT2D eigenvalue weighted by atomic mass is 16.5. The summed E-state index contributed by atoms with van der Waals surface area (Å²) in [7, 11) is 1.63. The molecule has 0 aliphatic carbocycles. The Hall–Kier alpha value is -2.71. The molecule has 0 unspecified atom stereocenters. The fraction of sp³-hybridized carbons (Fsp3) is 0.389. The van der Waals surface area contributed by atoms with Gasteiger partial charge in [-0.05, 0) is 24.1 Å². The van der Waals surface area contributed by atoms with Crippen LogP contribution in [-0.4, -0.2) is 60.3 Å². The van der Waals surface area contributed by atoms with E-state index >= 15 is 0 Å². The largest absolute Gasteiger partial charge is 0.385 e. The number of aromatic nitrogens is 2. The van der Waals surface area contributed by atoms with Gasteiger partial charge in [0.25, 0.3) is 11.5 Å². The highest BCUT2D eigenvalue weighted by molar-refractivity contribution is 5.95. The Bertz CT molecular complexity index is 889. The molecule has 1 aliphatic heterocycles. The summed E-state index contributed by atoms with van der Waals surface area (Å²) in [6, 6.07) is 6.81. The molecule has 8 nitrogen and oxygen atoms in total. The monoisotopic (exact) mass is 359 g/mol. The Morgan fingerprint density at radius 1 is 1.38 bits per heavy atom. The topological polar surface area (TPSA) is 104 Å². The van der Waals surface area contributed by atoms with E-state index in [1.54, 1.807) is 36.3 Å². The van der Waals surface area contributed by atoms with Crippen LogP contribution in [0.1, 0.15) is 16.8 Å². The molecule has 1 fully saturated rings. The second-order valence-corrected chi connectivity index (χ2v) is 6.09. The van der Waals surface area contributed by atoms with Crippen molar-refractivity contribution in [2.75, 3.05) is 33.4 Å². The molecule has 1 atom stereocenters. The maximum Gasteiger partial charge on any atom is 0.325 e. The van der Waals surface area contributed by atoms with E-state index in [1.807, 2.05) is 0 Å². The van der Waals surface area contributed by atoms with Gasteiger partial charge in [-0.2, -0.15) is 0 Å². The molecule has 0 radical (unpaired) electrons. The van der Waals surface area contributed by atoms with Crippen LogP contribution in [0.25, 0.3) is 11.1 Å². The van der Waals surface area contributed by atoms with E-state index in [0.717, 1.165) is 6.42 Å². The van der Waals surface area contributed by atoms with Gasteiger partial charge in [0, 0.05) is 38.6 Å². The van der Waals surface area contributed by atoms with Crippen LogP contribution in [0.2, 0.25) is 0 Å². The molecule has 26 heavy (non-hydrogen) atoms. The summed E-state index contributed by atoms with van der Waals surface area (Å²) in [5.74, 6) is -0.113. The van der Waals surface area contributed by atoms with Gasteiger partial charge in [-0.15, -0.1) is 0 Å². The SMILES string of the molecule is COCC[C@H]1CN(C(=O)c2cccc(-c3c[nH]c(=O)[nH]c3=O)c2)CCO1. The molecule has 2 aromatic rings. The second kappa shape index (κ2) is 8.11. The molecule has 0 saturated carbocycles. The number of amides is 1. The van der Waals surface area contributed by atoms with Gasteiger partial charge in [-0.1, -0.05) is 12.1 Å². The fourth-order valence-electron chi connectivity index (χ4n) is 2.95. The third-order valence-corrected chi connectivity index (χ3v) is 4.31. The number of ether oxygens (including phenoxy) is 2. The Balaban J connectivity index is 1.80. The molecule has 1 amide bonds. The molecule has 1 saturated heterocycles. The molecule has 0 bridgehead atoms. The smallest absolute Gasteiger partial charge is 0.325 e. The average Bonchev–Trinajstić information content (AvgIpc) is 2.66. The van der Waals surface area contributed by atoms with Gasteiger partial charge in [0.2, 0.25) is 0 Å². The number of morpholine rings is 1. The first-order chi connectivity index (χ1) is 12.6. The molecular weight excluding hydrogens is 338 g/mol. The number of aromatic amines is 2. The van der Waals surface area contributed by atoms with Crippen LogP contribution in [0.15, 0.2) is 40.1 Å². The van der Waals surface area contributed by atoms with Crippen molar-refractivity contribution in [2.45, 2.75) is 12.5 Å². The van der Waals surface area contributed by atoms with Crippen molar-refractivity contribution in [2.24, 2.45) is 0 Å². The molecule has 1 aromatic heterocycles. The summed E-state index contributed by atoms with van der Waals surface area (Å²) in [4.78, 5) is 42.3. The van der Waals surface area contributed by atoms with Gasteiger partial charge < -0.3 is 19.4 Å². The zero-order valence-corrected chi connectivity index (χ0v) is 14.5. The number of hydrogen-bond donors (Lipinski definition) is 2. The number of carbonyl (C=O) groups is 1. The van der Waals surface area contributed by atoms with E-state index < -0.39 is 11.2 Å². The van der Waals surface area contributed by atoms with Crippen molar-refractivity contribution in [1.82, 2.24) is 14.9 Å². The summed E-state index contributed by atoms with van der Waals surface area (Å²) in [5.41, 5.74) is 0.294. The minimum absolute atomic E-state index is 0.0436. The summed E-state index contributed by atoms with van der Waals surface area (Å²) >= 11 is 0. The average molecular weight is 359 g/mol. The summed E-state index contributed by atoms with van der Waals surface area (Å²) < 4.78 is 10.7. The number of benzene rings is 1. The minimum Gasteiger partial charge on any atom is -0.385 e. The third kappa shape index (κ3) is 4.09. The lowest BCUT2D eigenvalue weighted by atomic mass is 10.0. The molecule has 3 rings (SSSR count). The predicted octanol–water partition coefficient (Wildman–Crippen LogP) is 0.608. The van der Waals surface area contributed by atoms with Crippen molar-refractivity contribution in [1.29, 1.82) is 0 Å². The number of rotatable bonds is 5. The van der Waals surface area contributed by atoms with Crippen LogP contribution in [0, 0.1) is 0 Å². The lowest BCUT2D eigenvalue weighted by Gasteiger charge is -2.33. The Kier molecular flexibility index (Phi) is 5.65. The van der Waals surface area contributed by atoms with E-state index in [9.17, 15) is 14.4 Å². The van der Waals surface area contributed by atoms with E-state index in [-0.39, 0.29) is 12.0 Å². The Labute approximate surface area is 149 Å². The number of H-pyrrole nitrogens is 2. The van der Waals surface area contributed by atoms with Gasteiger partial charge in [-0.25, -0.2) is 4.79 Å². The lowest BCUT2D eigenvalue weighted by molar-refractivity contribution is -0.0332. The van der Waals surface area contributed by atoms with Gasteiger partial charge in [0.05, 0.1) is 18.3 Å². The molecule has 1 aliphatic rings. The summed E-state index contributed by atoms with van der Waals surface area (Å²) in [5, 5.41) is 0. The molecule has 138 valence electrons. The first-order valence-electron chi connectivity index (χ1n) is 8.40. The van der Waals surface area contributed by atoms with Crippen molar-refractivity contribution in [3.8, 4) is 11.1 Å². The second-order valence-electron chi connectivity index (χ2n) is 6.09. The lowest BCUT2D eigenvalue weighted by Crippen LogP contribution is -2.46. The summed E-state index contributed by atoms with van der Waals surface area (Å²) in [6.45, 7) is 2.09. The number of nitrogens with zero attached hydrogens (tertiary/aromatic N) is 1. The highest BCUT2D eigenvalue weighted by Crippen LogP contribution is 2.18. The number of methoxy groups -OCH3 is 1. The van der Waals surface area contributed by atoms with Crippen LogP contribution in [0.3, 0.4) is 0 Å². The number of carbonyl (C=O) groups excluding carboxylic acids is 1. The van der Waals surface area contributed by atoms with Crippen molar-refractivity contribution >= 4 is 5.91 Å². The highest BCUT2D eigenvalue weighted by Gasteiger charge is 2.25. The normalized spacial score (nSPS) is 17.3. The Morgan fingerprint density at radius 3 is 3.00 bits per heavy atom. The van der Waals surface area contributed by atoms with Crippen LogP contribution in [0.4, 0.5) is 0 Å². The molecule has 1 aromatic carbocycles. The van der Waals surface area contributed by atoms with E-state index in [2.05, 4.69) is 9.97 Å². The van der Waals surface area contributed by atoms with Gasteiger partial charge in [0.1, 0.15) is 0 Å². The van der Waals surface area contributed by atoms with Gasteiger partial charge in [0.15, 0.2) is 0 Å². The molecule has 2 heterocycles. The zero-order chi connectivity index (χ0) is 18.5. The van der Waals surface area contributed by atoms with Gasteiger partial charge >= 0.3 is 5.69 Å². The van der Waals surface area contributed by atoms with Crippen molar-refractivity contribution in [3.63, 3.8) is 0 Å². The Morgan fingerprint density at radius 2 is 2.23 bits per heavy atom. The van der Waals surface area contributed by atoms with Crippen LogP contribution in [-0.2, 0) is 9.47 Å². The minimum atomic E-state index is -0.568. The van der Waals surface area contributed by atoms with E-state index in [0.29, 0.717) is 43.0 Å². The van der Waals surface area contributed by atoms with Crippen LogP contribution in [0.5, 0.6) is 0 Å². The van der Waals surface area contributed by atoms with Crippen molar-refractivity contribution < 1.29 is 14.3 Å². The van der Waals surface area contributed by atoms with E-state index in [4.69, 9.17) is 9.47 Å². The fourth-order valence-corrected chi connectivity index (χ4v) is 2.95. The van der Waals surface area contributed by atoms with Gasteiger partial charge in [-0.3, -0.25) is 14.6 Å². The maximum absolute atomic E-state index is 12.8. The molecule has 2 N–H and O–H groups in total. The standard InChI is InChI=1S/C18H21N3O5/c1-25-7-5-14-11-21(6-8-26-14)17(23)13-4-2-3-12(9-13)15-10-19-18(24)20-16(15)22/h2-4,9-10,14H,5-8,11H2,1H3,(H2,19,20,22,24)/t14-/m0/s1. The maximum atomic E-state index is 12.8. The summed E-state index contributed by atoms with van der Waals surface area (Å²) in [6.07, 6.45) is 2.03. The number of nitrogens with one attached hydrogen (secondary N) is 2. The first-order valence-corrected chi connectivity index (χ1v) is 8.40. The van der Waals surface area contributed by atoms with Crippen LogP contribution < -0.4 is 11.2 Å². The predicted molar refractivity (Wildman–Crippen MR) is 95.3 cm³/mol. The van der Waals surface area contributed by atoms with E-state index in [1.165, 1.54) is 6.20 Å². The quantitative estimate of drug-likeness (QED) is 0.814. The number of hydrogen-bond acceptors (Lipinski definition) is 5. The van der Waals surface area contributed by atoms with Crippen molar-refractivity contribution in [3.05, 3.63) is 56.9 Å². The first kappa shape index (κ1) is 18.1. The molecule has 8 heteroatoms. The van der Waals surface area contributed by atoms with Crippen LogP contribution >= 0.6 is 0 Å². The zero-order valence-electron chi connectivity index (χ0n) is 14.5. The molecule has 0 spiro atoms. The third-order valence-electron chi connectivity index (χ3n) is 4.31. The molecular formula is C18H21N3O5.